The molecule has 17 heavy (non-hydrogen) atoms. The van der Waals surface area contributed by atoms with E-state index in [-0.39, 0.29) is 5.52 Å². The predicted octanol–water partition coefficient (Wildman–Crippen LogP) is 3.37. The molecule has 0 saturated heterocycles. The molecule has 0 saturated carbocycles. The zero-order chi connectivity index (χ0) is 12.6. The Labute approximate surface area is 95.1 Å². The molecule has 1 heterocycles. The lowest BCUT2D eigenvalue weighted by atomic mass is 10.1. The highest BCUT2D eigenvalue weighted by atomic mass is 19.4. The summed E-state index contributed by atoms with van der Waals surface area (Å²) in [5.74, 6) is 0. The van der Waals surface area contributed by atoms with Crippen molar-refractivity contribution in [2.45, 2.75) is 13.1 Å². The predicted molar refractivity (Wildman–Crippen MR) is 56.9 cm³/mol. The van der Waals surface area contributed by atoms with Crippen LogP contribution in [-0.2, 0) is 6.18 Å². The normalized spacial score (nSPS) is 11.8. The SMILES string of the molecule is Cc1cc(C=O)c2ccc(C(F)(F)F)cc2n1. The maximum atomic E-state index is 12.5. The van der Waals surface area contributed by atoms with Crippen molar-refractivity contribution in [2.24, 2.45) is 0 Å². The second-order valence-electron chi connectivity index (χ2n) is 3.70. The average Bonchev–Trinajstić information content (AvgIpc) is 2.25. The van der Waals surface area contributed by atoms with Crippen LogP contribution < -0.4 is 0 Å². The third-order valence-electron chi connectivity index (χ3n) is 2.42. The minimum atomic E-state index is -4.40. The Morgan fingerprint density at radius 1 is 1.24 bits per heavy atom. The van der Waals surface area contributed by atoms with Crippen molar-refractivity contribution in [3.63, 3.8) is 0 Å². The number of alkyl halides is 3. The number of aryl methyl sites for hydroxylation is 1. The summed E-state index contributed by atoms with van der Waals surface area (Å²) >= 11 is 0. The van der Waals surface area contributed by atoms with Gasteiger partial charge in [0.25, 0.3) is 0 Å². The molecule has 0 unspecified atom stereocenters. The van der Waals surface area contributed by atoms with Crippen LogP contribution in [0.3, 0.4) is 0 Å². The smallest absolute Gasteiger partial charge is 0.298 e. The van der Waals surface area contributed by atoms with Crippen LogP contribution in [0.2, 0.25) is 0 Å². The zero-order valence-electron chi connectivity index (χ0n) is 8.88. The monoisotopic (exact) mass is 239 g/mol. The quantitative estimate of drug-likeness (QED) is 0.714. The lowest BCUT2D eigenvalue weighted by Gasteiger charge is -2.08. The van der Waals surface area contributed by atoms with Crippen molar-refractivity contribution >= 4 is 17.2 Å². The number of carbonyl (C=O) groups excluding carboxylic acids is 1. The van der Waals surface area contributed by atoms with Gasteiger partial charge in [0.1, 0.15) is 0 Å². The Morgan fingerprint density at radius 2 is 1.94 bits per heavy atom. The molecule has 1 aromatic carbocycles. The molecule has 0 aliphatic rings. The zero-order valence-corrected chi connectivity index (χ0v) is 8.88. The van der Waals surface area contributed by atoms with Gasteiger partial charge in [-0.3, -0.25) is 9.78 Å². The second-order valence-corrected chi connectivity index (χ2v) is 3.70. The number of aromatic nitrogens is 1. The molecule has 2 nitrogen and oxygen atoms in total. The van der Waals surface area contributed by atoms with Gasteiger partial charge < -0.3 is 0 Å². The summed E-state index contributed by atoms with van der Waals surface area (Å²) in [6, 6.07) is 4.72. The van der Waals surface area contributed by atoms with E-state index in [0.717, 1.165) is 12.1 Å². The number of fused-ring (bicyclic) bond motifs is 1. The highest BCUT2D eigenvalue weighted by Crippen LogP contribution is 2.31. The molecule has 0 atom stereocenters. The number of hydrogen-bond acceptors (Lipinski definition) is 2. The Bertz CT molecular complexity index is 590. The van der Waals surface area contributed by atoms with Crippen LogP contribution in [-0.4, -0.2) is 11.3 Å². The van der Waals surface area contributed by atoms with E-state index in [4.69, 9.17) is 0 Å². The van der Waals surface area contributed by atoms with Gasteiger partial charge in [0.15, 0.2) is 6.29 Å². The van der Waals surface area contributed by atoms with Crippen molar-refractivity contribution < 1.29 is 18.0 Å². The van der Waals surface area contributed by atoms with Crippen molar-refractivity contribution in [3.8, 4) is 0 Å². The summed E-state index contributed by atoms with van der Waals surface area (Å²) in [5.41, 5.74) is 0.280. The second kappa shape index (κ2) is 3.84. The molecular formula is C12H8F3NO. The van der Waals surface area contributed by atoms with Crippen LogP contribution >= 0.6 is 0 Å². The van der Waals surface area contributed by atoms with E-state index < -0.39 is 11.7 Å². The van der Waals surface area contributed by atoms with Gasteiger partial charge in [-0.15, -0.1) is 0 Å². The molecule has 0 aliphatic heterocycles. The molecule has 0 amide bonds. The largest absolute Gasteiger partial charge is 0.416 e. The molecule has 2 aromatic rings. The Balaban J connectivity index is 2.74. The number of nitrogens with zero attached hydrogens (tertiary/aromatic N) is 1. The third kappa shape index (κ3) is 2.13. The maximum absolute atomic E-state index is 12.5. The van der Waals surface area contributed by atoms with E-state index >= 15 is 0 Å². The van der Waals surface area contributed by atoms with Crippen LogP contribution in [0.1, 0.15) is 21.6 Å². The van der Waals surface area contributed by atoms with Gasteiger partial charge in [-0.25, -0.2) is 0 Å². The number of halogens is 3. The van der Waals surface area contributed by atoms with E-state index in [1.54, 1.807) is 13.0 Å². The van der Waals surface area contributed by atoms with Crippen molar-refractivity contribution in [3.05, 3.63) is 41.1 Å². The van der Waals surface area contributed by atoms with Crippen LogP contribution in [0.15, 0.2) is 24.3 Å². The third-order valence-corrected chi connectivity index (χ3v) is 2.42. The van der Waals surface area contributed by atoms with Crippen LogP contribution in [0, 0.1) is 6.92 Å². The molecule has 88 valence electrons. The van der Waals surface area contributed by atoms with Crippen LogP contribution in [0.5, 0.6) is 0 Å². The van der Waals surface area contributed by atoms with E-state index in [2.05, 4.69) is 4.98 Å². The first-order chi connectivity index (χ1) is 7.91. The Morgan fingerprint density at radius 3 is 2.53 bits per heavy atom. The summed E-state index contributed by atoms with van der Waals surface area (Å²) in [6.45, 7) is 1.63. The van der Waals surface area contributed by atoms with Gasteiger partial charge in [0.2, 0.25) is 0 Å². The van der Waals surface area contributed by atoms with Gasteiger partial charge in [-0.05, 0) is 25.1 Å². The minimum Gasteiger partial charge on any atom is -0.298 e. The first-order valence-electron chi connectivity index (χ1n) is 4.85. The molecule has 0 bridgehead atoms. The fourth-order valence-electron chi connectivity index (χ4n) is 1.67. The van der Waals surface area contributed by atoms with Crippen molar-refractivity contribution in [1.29, 1.82) is 0 Å². The first kappa shape index (κ1) is 11.6. The number of aldehydes is 1. The summed E-state index contributed by atoms with van der Waals surface area (Å²) in [7, 11) is 0. The topological polar surface area (TPSA) is 30.0 Å². The maximum Gasteiger partial charge on any atom is 0.416 e. The molecule has 2 rings (SSSR count). The number of rotatable bonds is 1. The van der Waals surface area contributed by atoms with Gasteiger partial charge in [0.05, 0.1) is 11.1 Å². The standard InChI is InChI=1S/C12H8F3NO/c1-7-4-8(6-17)10-3-2-9(12(13,14)15)5-11(10)16-7/h2-6H,1H3. The van der Waals surface area contributed by atoms with Crippen LogP contribution in [0.4, 0.5) is 13.2 Å². The Hall–Kier alpha value is -1.91. The minimum absolute atomic E-state index is 0.182. The molecule has 5 heteroatoms. The van der Waals surface area contributed by atoms with Gasteiger partial charge in [-0.2, -0.15) is 13.2 Å². The molecule has 0 radical (unpaired) electrons. The molecular weight excluding hydrogens is 231 g/mol. The number of hydrogen-bond donors (Lipinski definition) is 0. The van der Waals surface area contributed by atoms with Crippen molar-refractivity contribution in [2.75, 3.05) is 0 Å². The highest BCUT2D eigenvalue weighted by Gasteiger charge is 2.30. The highest BCUT2D eigenvalue weighted by molar-refractivity contribution is 5.96. The molecule has 0 N–H and O–H groups in total. The van der Waals surface area contributed by atoms with Crippen molar-refractivity contribution in [1.82, 2.24) is 4.98 Å². The lowest BCUT2D eigenvalue weighted by molar-refractivity contribution is -0.137. The van der Waals surface area contributed by atoms with Gasteiger partial charge >= 0.3 is 6.18 Å². The number of carbonyl (C=O) groups is 1. The fraction of sp³-hybridized carbons (Fsp3) is 0.167. The first-order valence-corrected chi connectivity index (χ1v) is 4.85. The fourth-order valence-corrected chi connectivity index (χ4v) is 1.67. The summed E-state index contributed by atoms with van der Waals surface area (Å²) < 4.78 is 37.5. The van der Waals surface area contributed by atoms with Gasteiger partial charge in [-0.1, -0.05) is 6.07 Å². The van der Waals surface area contributed by atoms with E-state index in [1.807, 2.05) is 0 Å². The average molecular weight is 239 g/mol. The van der Waals surface area contributed by atoms with Crippen LogP contribution in [0.25, 0.3) is 10.9 Å². The lowest BCUT2D eigenvalue weighted by Crippen LogP contribution is -2.05. The molecule has 1 aromatic heterocycles. The number of benzene rings is 1. The molecule has 0 aliphatic carbocycles. The summed E-state index contributed by atoms with van der Waals surface area (Å²) in [6.07, 6.45) is -3.79. The van der Waals surface area contributed by atoms with Gasteiger partial charge in [0, 0.05) is 16.6 Å². The number of pyridine rings is 1. The Kier molecular flexibility index (Phi) is 2.61. The van der Waals surface area contributed by atoms with E-state index in [1.165, 1.54) is 6.07 Å². The molecule has 0 spiro atoms. The molecule has 0 fully saturated rings. The summed E-state index contributed by atoms with van der Waals surface area (Å²) in [4.78, 5) is 14.8. The van der Waals surface area contributed by atoms with E-state index in [0.29, 0.717) is 22.9 Å². The van der Waals surface area contributed by atoms with E-state index in [9.17, 15) is 18.0 Å². The summed E-state index contributed by atoms with van der Waals surface area (Å²) in [5, 5.41) is 0.429.